The van der Waals surface area contributed by atoms with Crippen LogP contribution in [0.5, 0.6) is 0 Å². The zero-order chi connectivity index (χ0) is 26.8. The molecular formula is C26H37N3O7. The van der Waals surface area contributed by atoms with Crippen molar-refractivity contribution in [3.63, 3.8) is 0 Å². The smallest absolute Gasteiger partial charge is 0.328 e. The number of cyclic esters (lactones) is 1. The number of fused-ring (bicyclic) bond motifs is 2. The molecule has 0 fully saturated rings. The maximum Gasteiger partial charge on any atom is 0.328 e. The Balaban J connectivity index is 2.24. The van der Waals surface area contributed by atoms with E-state index in [1.165, 1.54) is 13.0 Å². The second kappa shape index (κ2) is 13.7. The number of nitrogens with one attached hydrogen (secondary N) is 2. The minimum absolute atomic E-state index is 0.00233. The lowest BCUT2D eigenvalue weighted by Gasteiger charge is -2.27. The van der Waals surface area contributed by atoms with E-state index in [1.807, 2.05) is 20.8 Å². The number of hydrogen-bond acceptors (Lipinski definition) is 8. The zero-order valence-electron chi connectivity index (χ0n) is 21.4. The lowest BCUT2D eigenvalue weighted by atomic mass is 9.94. The molecule has 0 saturated carbocycles. The highest BCUT2D eigenvalue weighted by Crippen LogP contribution is 2.19. The average Bonchev–Trinajstić information content (AvgIpc) is 3.25. The number of hydrogen-bond donors (Lipinski definition) is 4. The van der Waals surface area contributed by atoms with Gasteiger partial charge >= 0.3 is 5.97 Å². The zero-order valence-corrected chi connectivity index (χ0v) is 21.4. The van der Waals surface area contributed by atoms with Crippen LogP contribution >= 0.6 is 0 Å². The molecule has 2 bridgehead atoms. The van der Waals surface area contributed by atoms with E-state index in [1.54, 1.807) is 31.2 Å². The fourth-order valence-electron chi connectivity index (χ4n) is 3.73. The Labute approximate surface area is 211 Å². The molecular weight excluding hydrogens is 466 g/mol. The molecule has 36 heavy (non-hydrogen) atoms. The second-order valence-electron chi connectivity index (χ2n) is 9.40. The van der Waals surface area contributed by atoms with Crippen LogP contribution in [0.3, 0.4) is 0 Å². The normalized spacial score (nSPS) is 30.9. The summed E-state index contributed by atoms with van der Waals surface area (Å²) in [5.74, 6) is -1.70. The van der Waals surface area contributed by atoms with Crippen molar-refractivity contribution < 1.29 is 33.8 Å². The number of allylic oxidation sites excluding steroid dienone is 2. The standard InChI is InChI=1S/C26H37N3O7/c1-15(2)24-17(4)8-9-22(32)27-10-6-7-16(3)11-19(30)12-20(31)13-23-29-21(14-35-23)25(33)28-18(5)26(34)36-24/h6-9,11,14-15,17-20,24,30-31H,10,12-13H2,1-5H3,(H,27,32)(H,28,33)/b7-6-,9-8-,16-11-/t17-,18-,19-,20-,24-/m1/s1. The molecule has 1 aromatic heterocycles. The van der Waals surface area contributed by atoms with Crippen LogP contribution in [0, 0.1) is 11.8 Å². The number of nitrogens with zero attached hydrogens (tertiary/aromatic N) is 1. The molecule has 198 valence electrons. The summed E-state index contributed by atoms with van der Waals surface area (Å²) >= 11 is 0. The summed E-state index contributed by atoms with van der Waals surface area (Å²) in [6, 6.07) is -0.956. The summed E-state index contributed by atoms with van der Waals surface area (Å²) in [7, 11) is 0. The van der Waals surface area contributed by atoms with Gasteiger partial charge < -0.3 is 30.0 Å². The molecule has 0 aromatic carbocycles. The molecule has 2 amide bonds. The van der Waals surface area contributed by atoms with Crippen LogP contribution in [0.4, 0.5) is 0 Å². The predicted molar refractivity (Wildman–Crippen MR) is 133 cm³/mol. The van der Waals surface area contributed by atoms with Gasteiger partial charge in [0, 0.05) is 18.9 Å². The van der Waals surface area contributed by atoms with Gasteiger partial charge in [-0.3, -0.25) is 9.59 Å². The number of esters is 1. The second-order valence-corrected chi connectivity index (χ2v) is 9.40. The average molecular weight is 504 g/mol. The lowest BCUT2D eigenvalue weighted by molar-refractivity contribution is -0.155. The quantitative estimate of drug-likeness (QED) is 0.424. The van der Waals surface area contributed by atoms with E-state index >= 15 is 0 Å². The SMILES string of the molecule is CC1=C/[C@@H](O)C[C@@H](O)Cc2nc(co2)C(=O)N[C@H](C)C(=O)O[C@H](C(C)C)[C@H](C)/C=C\C(=O)NC/C=C\1. The molecule has 1 aliphatic rings. The van der Waals surface area contributed by atoms with Crippen LogP contribution < -0.4 is 10.6 Å². The van der Waals surface area contributed by atoms with E-state index in [4.69, 9.17) is 9.15 Å². The Morgan fingerprint density at radius 2 is 1.86 bits per heavy atom. The van der Waals surface area contributed by atoms with Crippen molar-refractivity contribution in [1.82, 2.24) is 15.6 Å². The van der Waals surface area contributed by atoms with E-state index in [2.05, 4.69) is 15.6 Å². The van der Waals surface area contributed by atoms with Crippen molar-refractivity contribution in [1.29, 1.82) is 0 Å². The number of oxazole rings is 1. The number of ether oxygens (including phenoxy) is 1. The molecule has 1 aromatic rings. The monoisotopic (exact) mass is 503 g/mol. The van der Waals surface area contributed by atoms with Crippen LogP contribution in [0.1, 0.15) is 57.4 Å². The van der Waals surface area contributed by atoms with Crippen LogP contribution in [0.2, 0.25) is 0 Å². The predicted octanol–water partition coefficient (Wildman–Crippen LogP) is 1.84. The molecule has 0 aliphatic carbocycles. The number of rotatable bonds is 1. The van der Waals surface area contributed by atoms with E-state index in [-0.39, 0.29) is 48.7 Å². The van der Waals surface area contributed by atoms with Gasteiger partial charge in [-0.1, -0.05) is 50.6 Å². The van der Waals surface area contributed by atoms with E-state index in [0.717, 1.165) is 11.8 Å². The largest absolute Gasteiger partial charge is 0.460 e. The highest BCUT2D eigenvalue weighted by molar-refractivity contribution is 5.94. The van der Waals surface area contributed by atoms with Gasteiger partial charge in [0.1, 0.15) is 18.4 Å². The summed E-state index contributed by atoms with van der Waals surface area (Å²) in [6.45, 7) is 9.24. The van der Waals surface area contributed by atoms with Crippen molar-refractivity contribution in [2.45, 2.75) is 71.8 Å². The Bertz CT molecular complexity index is 995. The van der Waals surface area contributed by atoms with Crippen molar-refractivity contribution in [2.75, 3.05) is 6.54 Å². The van der Waals surface area contributed by atoms with Crippen molar-refractivity contribution in [3.8, 4) is 0 Å². The van der Waals surface area contributed by atoms with Crippen LogP contribution in [-0.4, -0.2) is 63.9 Å². The minimum Gasteiger partial charge on any atom is -0.460 e. The number of amides is 2. The fraction of sp³-hybridized carbons (Fsp3) is 0.538. The van der Waals surface area contributed by atoms with Gasteiger partial charge in [0.2, 0.25) is 5.91 Å². The topological polar surface area (TPSA) is 151 Å². The van der Waals surface area contributed by atoms with E-state index in [9.17, 15) is 24.6 Å². The molecule has 10 heteroatoms. The molecule has 1 aliphatic heterocycles. The molecule has 0 spiro atoms. The third kappa shape index (κ3) is 9.43. The van der Waals surface area contributed by atoms with Gasteiger partial charge in [-0.15, -0.1) is 0 Å². The van der Waals surface area contributed by atoms with E-state index < -0.39 is 36.2 Å². The van der Waals surface area contributed by atoms with Crippen molar-refractivity contribution in [3.05, 3.63) is 53.8 Å². The van der Waals surface area contributed by atoms with Gasteiger partial charge in [-0.05, 0) is 25.8 Å². The van der Waals surface area contributed by atoms with Gasteiger partial charge in [-0.25, -0.2) is 9.78 Å². The fourth-order valence-corrected chi connectivity index (χ4v) is 3.73. The Hall–Kier alpha value is -3.24. The highest BCUT2D eigenvalue weighted by Gasteiger charge is 2.28. The van der Waals surface area contributed by atoms with Crippen molar-refractivity contribution in [2.24, 2.45) is 11.8 Å². The summed E-state index contributed by atoms with van der Waals surface area (Å²) in [5.41, 5.74) is 0.719. The molecule has 4 N–H and O–H groups in total. The lowest BCUT2D eigenvalue weighted by Crippen LogP contribution is -2.42. The first kappa shape index (κ1) is 29.0. The van der Waals surface area contributed by atoms with Crippen LogP contribution in [0.25, 0.3) is 0 Å². The van der Waals surface area contributed by atoms with E-state index in [0.29, 0.717) is 0 Å². The van der Waals surface area contributed by atoms with Crippen molar-refractivity contribution >= 4 is 17.8 Å². The molecule has 10 nitrogen and oxygen atoms in total. The maximum absolute atomic E-state index is 12.7. The first-order valence-corrected chi connectivity index (χ1v) is 12.1. The molecule has 2 rings (SSSR count). The molecule has 5 atom stereocenters. The van der Waals surface area contributed by atoms with Crippen LogP contribution in [0.15, 0.2) is 46.6 Å². The summed E-state index contributed by atoms with van der Waals surface area (Å²) in [6.07, 6.45) is 6.98. The molecule has 0 radical (unpaired) electrons. The number of aromatic nitrogens is 1. The first-order chi connectivity index (χ1) is 17.0. The third-order valence-electron chi connectivity index (χ3n) is 5.62. The summed E-state index contributed by atoms with van der Waals surface area (Å²) in [4.78, 5) is 41.5. The summed E-state index contributed by atoms with van der Waals surface area (Å²) in [5, 5.41) is 25.8. The minimum atomic E-state index is -0.959. The van der Waals surface area contributed by atoms with Gasteiger partial charge in [0.25, 0.3) is 5.91 Å². The number of aliphatic hydroxyl groups excluding tert-OH is 2. The number of aliphatic hydroxyl groups is 2. The Kier molecular flexibility index (Phi) is 11.1. The highest BCUT2D eigenvalue weighted by atomic mass is 16.5. The molecule has 0 unspecified atom stereocenters. The Morgan fingerprint density at radius 3 is 2.56 bits per heavy atom. The van der Waals surface area contributed by atoms with Gasteiger partial charge in [0.15, 0.2) is 11.6 Å². The van der Waals surface area contributed by atoms with Crippen LogP contribution in [-0.2, 0) is 20.7 Å². The maximum atomic E-state index is 12.7. The summed E-state index contributed by atoms with van der Waals surface area (Å²) < 4.78 is 10.9. The number of carbonyl (C=O) groups excluding carboxylic acids is 3. The molecule has 0 saturated heterocycles. The van der Waals surface area contributed by atoms with Gasteiger partial charge in [0.05, 0.1) is 18.6 Å². The third-order valence-corrected chi connectivity index (χ3v) is 5.62. The molecule has 2 heterocycles. The van der Waals surface area contributed by atoms with Gasteiger partial charge in [-0.2, -0.15) is 0 Å². The Morgan fingerprint density at radius 1 is 1.14 bits per heavy atom. The first-order valence-electron chi connectivity index (χ1n) is 12.1. The number of carbonyl (C=O) groups is 3.